The van der Waals surface area contributed by atoms with E-state index in [1.54, 1.807) is 6.07 Å². The van der Waals surface area contributed by atoms with Crippen LogP contribution in [0, 0.1) is 0 Å². The van der Waals surface area contributed by atoms with Gasteiger partial charge in [0.15, 0.2) is 0 Å². The van der Waals surface area contributed by atoms with Crippen molar-refractivity contribution in [1.29, 1.82) is 0 Å². The number of H-pyrrole nitrogens is 1. The Morgan fingerprint density at radius 1 is 1.42 bits per heavy atom. The van der Waals surface area contributed by atoms with Gasteiger partial charge in [0, 0.05) is 18.9 Å². The first-order valence-electron chi connectivity index (χ1n) is 5.82. The van der Waals surface area contributed by atoms with Crippen LogP contribution in [0.15, 0.2) is 23.4 Å². The molecule has 0 spiro atoms. The number of nitrogens with zero attached hydrogens (tertiary/aromatic N) is 1. The van der Waals surface area contributed by atoms with E-state index in [2.05, 4.69) is 20.0 Å². The maximum absolute atomic E-state index is 12.2. The first-order valence-corrected chi connectivity index (χ1v) is 7.68. The number of aromatic nitrogens is 2. The van der Waals surface area contributed by atoms with Gasteiger partial charge in [0.1, 0.15) is 10.5 Å². The Balaban J connectivity index is 2.28. The molecule has 19 heavy (non-hydrogen) atoms. The van der Waals surface area contributed by atoms with Gasteiger partial charge in [0.25, 0.3) is 0 Å². The van der Waals surface area contributed by atoms with E-state index in [0.717, 1.165) is 6.54 Å². The van der Waals surface area contributed by atoms with Gasteiger partial charge in [-0.05, 0) is 26.1 Å². The minimum Gasteiger partial charge on any atom is -0.345 e. The quantitative estimate of drug-likeness (QED) is 0.698. The third-order valence-electron chi connectivity index (χ3n) is 2.67. The number of nitrogens with one attached hydrogen (secondary N) is 3. The summed E-state index contributed by atoms with van der Waals surface area (Å²) in [6.45, 7) is 1.12. The van der Waals surface area contributed by atoms with Crippen LogP contribution < -0.4 is 10.0 Å². The molecule has 0 fully saturated rings. The molecule has 0 atom stereocenters. The highest BCUT2D eigenvalue weighted by atomic mass is 35.5. The van der Waals surface area contributed by atoms with Gasteiger partial charge < -0.3 is 10.3 Å². The van der Waals surface area contributed by atoms with Crippen LogP contribution in [-0.2, 0) is 10.0 Å². The number of hydrogen-bond acceptors (Lipinski definition) is 4. The molecule has 0 bridgehead atoms. The van der Waals surface area contributed by atoms with E-state index in [0.29, 0.717) is 29.0 Å². The topological polar surface area (TPSA) is 86.9 Å². The van der Waals surface area contributed by atoms with Crippen molar-refractivity contribution in [1.82, 2.24) is 20.0 Å². The molecule has 0 radical (unpaired) electrons. The Morgan fingerprint density at radius 2 is 2.21 bits per heavy atom. The fourth-order valence-electron chi connectivity index (χ4n) is 1.75. The van der Waals surface area contributed by atoms with Crippen molar-refractivity contribution in [3.8, 4) is 0 Å². The number of hydrogen-bond donors (Lipinski definition) is 3. The minimum absolute atomic E-state index is 0.130. The van der Waals surface area contributed by atoms with E-state index in [1.165, 1.54) is 12.4 Å². The predicted octanol–water partition coefficient (Wildman–Crippen LogP) is 1.10. The van der Waals surface area contributed by atoms with Crippen LogP contribution in [0.4, 0.5) is 0 Å². The highest BCUT2D eigenvalue weighted by Gasteiger charge is 2.20. The molecule has 2 rings (SSSR count). The number of halogens is 1. The summed E-state index contributed by atoms with van der Waals surface area (Å²) >= 11 is 6.03. The van der Waals surface area contributed by atoms with Gasteiger partial charge in [-0.15, -0.1) is 0 Å². The average molecular weight is 303 g/mol. The Labute approximate surface area is 116 Å². The summed E-state index contributed by atoms with van der Waals surface area (Å²) in [6, 6.07) is 1.57. The average Bonchev–Trinajstić information content (AvgIpc) is 2.81. The molecule has 0 saturated heterocycles. The lowest BCUT2D eigenvalue weighted by Gasteiger charge is -2.05. The van der Waals surface area contributed by atoms with Crippen LogP contribution in [0.5, 0.6) is 0 Å². The fourth-order valence-corrected chi connectivity index (χ4v) is 3.31. The van der Waals surface area contributed by atoms with Crippen molar-refractivity contribution in [2.24, 2.45) is 0 Å². The molecule has 0 aromatic carbocycles. The van der Waals surface area contributed by atoms with E-state index >= 15 is 0 Å². The maximum atomic E-state index is 12.2. The Kier molecular flexibility index (Phi) is 4.41. The molecule has 8 heteroatoms. The highest BCUT2D eigenvalue weighted by Crippen LogP contribution is 2.27. The van der Waals surface area contributed by atoms with Gasteiger partial charge in [-0.3, -0.25) is 0 Å². The second-order valence-electron chi connectivity index (χ2n) is 4.02. The third kappa shape index (κ3) is 3.06. The van der Waals surface area contributed by atoms with Gasteiger partial charge in [-0.1, -0.05) is 11.6 Å². The molecule has 0 unspecified atom stereocenters. The highest BCUT2D eigenvalue weighted by molar-refractivity contribution is 7.89. The molecule has 6 nitrogen and oxygen atoms in total. The number of pyridine rings is 1. The summed E-state index contributed by atoms with van der Waals surface area (Å²) in [5.41, 5.74) is 0.461. The molecule has 2 heterocycles. The lowest BCUT2D eigenvalue weighted by atomic mass is 10.3. The summed E-state index contributed by atoms with van der Waals surface area (Å²) in [5.74, 6) is 0. The SMILES string of the molecule is CNCCCNS(=O)(=O)c1c[nH]c2nccc(Cl)c12. The number of fused-ring (bicyclic) bond motifs is 1. The van der Waals surface area contributed by atoms with E-state index in [4.69, 9.17) is 11.6 Å². The zero-order valence-corrected chi connectivity index (χ0v) is 12.0. The fraction of sp³-hybridized carbons (Fsp3) is 0.364. The summed E-state index contributed by atoms with van der Waals surface area (Å²) in [7, 11) is -1.76. The van der Waals surface area contributed by atoms with Crippen molar-refractivity contribution in [3.63, 3.8) is 0 Å². The van der Waals surface area contributed by atoms with Gasteiger partial charge in [0.2, 0.25) is 10.0 Å². The Morgan fingerprint density at radius 3 is 2.95 bits per heavy atom. The monoisotopic (exact) mass is 302 g/mol. The molecular formula is C11H15ClN4O2S. The first-order chi connectivity index (χ1) is 9.06. The molecule has 0 aliphatic carbocycles. The molecule has 3 N–H and O–H groups in total. The van der Waals surface area contributed by atoms with E-state index < -0.39 is 10.0 Å². The molecule has 0 aliphatic rings. The molecule has 0 amide bonds. The second kappa shape index (κ2) is 5.87. The van der Waals surface area contributed by atoms with Gasteiger partial charge in [-0.2, -0.15) is 0 Å². The van der Waals surface area contributed by atoms with Crippen molar-refractivity contribution in [3.05, 3.63) is 23.5 Å². The number of sulfonamides is 1. The Bertz CT molecular complexity index is 668. The summed E-state index contributed by atoms with van der Waals surface area (Å²) in [4.78, 5) is 6.98. The maximum Gasteiger partial charge on any atom is 0.242 e. The summed E-state index contributed by atoms with van der Waals surface area (Å²) in [5, 5.41) is 3.74. The van der Waals surface area contributed by atoms with Crippen LogP contribution in [-0.4, -0.2) is 38.5 Å². The Hall–Kier alpha value is -1.15. The molecular weight excluding hydrogens is 288 g/mol. The van der Waals surface area contributed by atoms with Crippen molar-refractivity contribution in [2.75, 3.05) is 20.1 Å². The van der Waals surface area contributed by atoms with Crippen LogP contribution >= 0.6 is 11.6 Å². The predicted molar refractivity (Wildman–Crippen MR) is 74.8 cm³/mol. The first kappa shape index (κ1) is 14.3. The zero-order chi connectivity index (χ0) is 13.9. The molecule has 104 valence electrons. The van der Waals surface area contributed by atoms with E-state index in [1.807, 2.05) is 7.05 Å². The summed E-state index contributed by atoms with van der Waals surface area (Å²) in [6.07, 6.45) is 3.64. The van der Waals surface area contributed by atoms with E-state index in [-0.39, 0.29) is 4.90 Å². The standard InChI is InChI=1S/C11H15ClN4O2S/c1-13-4-2-5-16-19(17,18)9-7-15-11-10(9)8(12)3-6-14-11/h3,6-7,13,16H,2,4-5H2,1H3,(H,14,15). The van der Waals surface area contributed by atoms with Crippen molar-refractivity contribution in [2.45, 2.75) is 11.3 Å². The van der Waals surface area contributed by atoms with Crippen molar-refractivity contribution < 1.29 is 8.42 Å². The third-order valence-corrected chi connectivity index (χ3v) is 4.47. The largest absolute Gasteiger partial charge is 0.345 e. The molecule has 0 aliphatic heterocycles. The summed E-state index contributed by atoms with van der Waals surface area (Å²) < 4.78 is 26.9. The second-order valence-corrected chi connectivity index (χ2v) is 6.17. The van der Waals surface area contributed by atoms with Crippen LogP contribution in [0.2, 0.25) is 5.02 Å². The van der Waals surface area contributed by atoms with Crippen LogP contribution in [0.3, 0.4) is 0 Å². The van der Waals surface area contributed by atoms with Crippen LogP contribution in [0.1, 0.15) is 6.42 Å². The smallest absolute Gasteiger partial charge is 0.242 e. The number of aromatic amines is 1. The van der Waals surface area contributed by atoms with Gasteiger partial charge >= 0.3 is 0 Å². The van der Waals surface area contributed by atoms with Gasteiger partial charge in [0.05, 0.1) is 10.4 Å². The van der Waals surface area contributed by atoms with Crippen LogP contribution in [0.25, 0.3) is 11.0 Å². The minimum atomic E-state index is -3.58. The van der Waals surface area contributed by atoms with Gasteiger partial charge in [-0.25, -0.2) is 18.1 Å². The molecule has 2 aromatic rings. The normalized spacial score (nSPS) is 12.1. The van der Waals surface area contributed by atoms with Crippen molar-refractivity contribution >= 4 is 32.7 Å². The lowest BCUT2D eigenvalue weighted by Crippen LogP contribution is -2.26. The zero-order valence-electron chi connectivity index (χ0n) is 10.4. The molecule has 2 aromatic heterocycles. The van der Waals surface area contributed by atoms with E-state index in [9.17, 15) is 8.42 Å². The number of rotatable bonds is 6. The lowest BCUT2D eigenvalue weighted by molar-refractivity contribution is 0.578. The molecule has 0 saturated carbocycles.